The van der Waals surface area contributed by atoms with E-state index in [9.17, 15) is 14.7 Å². The maximum Gasteiger partial charge on any atom is 0.326 e. The van der Waals surface area contributed by atoms with Gasteiger partial charge >= 0.3 is 5.97 Å². The van der Waals surface area contributed by atoms with Gasteiger partial charge in [-0.1, -0.05) is 30.3 Å². The van der Waals surface area contributed by atoms with Gasteiger partial charge in [0.25, 0.3) is 0 Å². The number of nitrogens with zero attached hydrogens (tertiary/aromatic N) is 1. The molecule has 1 saturated heterocycles. The number of carboxylic acid groups (broad SMARTS) is 1. The van der Waals surface area contributed by atoms with Crippen molar-refractivity contribution >= 4 is 11.9 Å². The number of likely N-dealkylation sites (tertiary alicyclic amines) is 1. The van der Waals surface area contributed by atoms with Crippen LogP contribution in [0.3, 0.4) is 0 Å². The van der Waals surface area contributed by atoms with Crippen molar-refractivity contribution in [2.24, 2.45) is 0 Å². The Kier molecular flexibility index (Phi) is 3.60. The molecule has 4 heteroatoms. The number of rotatable bonds is 3. The number of carbonyl (C=O) groups excluding carboxylic acids is 1. The summed E-state index contributed by atoms with van der Waals surface area (Å²) in [5.74, 6) is -1.02. The molecule has 0 aliphatic carbocycles. The Morgan fingerprint density at radius 1 is 1.26 bits per heavy atom. The molecule has 1 atom stereocenters. The molecular weight excluding hydrogens is 242 g/mol. The van der Waals surface area contributed by atoms with Crippen molar-refractivity contribution in [3.8, 4) is 0 Å². The number of benzene rings is 1. The quantitative estimate of drug-likeness (QED) is 0.905. The van der Waals surface area contributed by atoms with Gasteiger partial charge < -0.3 is 10.0 Å². The second-order valence-corrected chi connectivity index (χ2v) is 5.49. The SMILES string of the molecule is CC(C)(C(=O)N1CCC[C@@H]1C(=O)O)c1ccccc1. The van der Waals surface area contributed by atoms with Gasteiger partial charge in [0.15, 0.2) is 0 Å². The molecule has 0 spiro atoms. The van der Waals surface area contributed by atoms with Gasteiger partial charge in [0, 0.05) is 6.54 Å². The molecule has 1 N–H and O–H groups in total. The Labute approximate surface area is 113 Å². The molecule has 1 heterocycles. The second-order valence-electron chi connectivity index (χ2n) is 5.49. The maximum atomic E-state index is 12.6. The van der Waals surface area contributed by atoms with Gasteiger partial charge in [-0.3, -0.25) is 4.79 Å². The van der Waals surface area contributed by atoms with Crippen LogP contribution < -0.4 is 0 Å². The fourth-order valence-electron chi connectivity index (χ4n) is 2.60. The van der Waals surface area contributed by atoms with Gasteiger partial charge in [-0.25, -0.2) is 4.79 Å². The van der Waals surface area contributed by atoms with Crippen LogP contribution in [0.1, 0.15) is 32.3 Å². The molecule has 1 fully saturated rings. The van der Waals surface area contributed by atoms with Crippen molar-refractivity contribution in [1.29, 1.82) is 0 Å². The zero-order valence-electron chi connectivity index (χ0n) is 11.3. The number of carboxylic acids is 1. The van der Waals surface area contributed by atoms with E-state index in [-0.39, 0.29) is 5.91 Å². The van der Waals surface area contributed by atoms with Gasteiger partial charge in [-0.05, 0) is 32.3 Å². The van der Waals surface area contributed by atoms with Gasteiger partial charge in [-0.15, -0.1) is 0 Å². The first-order chi connectivity index (χ1) is 8.94. The summed E-state index contributed by atoms with van der Waals surface area (Å²) < 4.78 is 0. The summed E-state index contributed by atoms with van der Waals surface area (Å²) in [6.07, 6.45) is 1.31. The van der Waals surface area contributed by atoms with Crippen LogP contribution in [0.2, 0.25) is 0 Å². The Balaban J connectivity index is 2.26. The summed E-state index contributed by atoms with van der Waals surface area (Å²) in [7, 11) is 0. The highest BCUT2D eigenvalue weighted by atomic mass is 16.4. The van der Waals surface area contributed by atoms with E-state index in [4.69, 9.17) is 0 Å². The molecule has 2 rings (SSSR count). The summed E-state index contributed by atoms with van der Waals surface area (Å²) in [6, 6.07) is 8.83. The van der Waals surface area contributed by atoms with E-state index < -0.39 is 17.4 Å². The Bertz CT molecular complexity index is 481. The molecule has 0 unspecified atom stereocenters. The lowest BCUT2D eigenvalue weighted by atomic mass is 9.83. The highest BCUT2D eigenvalue weighted by molar-refractivity contribution is 5.91. The summed E-state index contributed by atoms with van der Waals surface area (Å²) >= 11 is 0. The van der Waals surface area contributed by atoms with Crippen LogP contribution in [0.15, 0.2) is 30.3 Å². The Morgan fingerprint density at radius 2 is 1.89 bits per heavy atom. The molecule has 0 bridgehead atoms. The van der Waals surface area contributed by atoms with Crippen molar-refractivity contribution in [3.63, 3.8) is 0 Å². The summed E-state index contributed by atoms with van der Waals surface area (Å²) in [6.45, 7) is 4.23. The molecule has 4 nitrogen and oxygen atoms in total. The van der Waals surface area contributed by atoms with E-state index in [0.717, 1.165) is 12.0 Å². The second kappa shape index (κ2) is 5.03. The first kappa shape index (κ1) is 13.6. The minimum atomic E-state index is -0.908. The lowest BCUT2D eigenvalue weighted by Gasteiger charge is -2.32. The highest BCUT2D eigenvalue weighted by Gasteiger charge is 2.41. The smallest absolute Gasteiger partial charge is 0.326 e. The monoisotopic (exact) mass is 261 g/mol. The molecule has 0 radical (unpaired) electrons. The van der Waals surface area contributed by atoms with E-state index in [1.54, 1.807) is 0 Å². The van der Waals surface area contributed by atoms with Gasteiger partial charge in [-0.2, -0.15) is 0 Å². The van der Waals surface area contributed by atoms with Crippen molar-refractivity contribution in [2.75, 3.05) is 6.54 Å². The maximum absolute atomic E-state index is 12.6. The van der Waals surface area contributed by atoms with Crippen LogP contribution in [0.25, 0.3) is 0 Å². The van der Waals surface area contributed by atoms with Crippen LogP contribution >= 0.6 is 0 Å². The average molecular weight is 261 g/mol. The normalized spacial score (nSPS) is 19.5. The number of aliphatic carboxylic acids is 1. The predicted octanol–water partition coefficient (Wildman–Crippen LogP) is 2.04. The summed E-state index contributed by atoms with van der Waals surface area (Å²) in [5.41, 5.74) is 0.218. The molecule has 1 aromatic carbocycles. The zero-order chi connectivity index (χ0) is 14.0. The van der Waals surface area contributed by atoms with Crippen LogP contribution in [0.5, 0.6) is 0 Å². The molecule has 1 aromatic rings. The Hall–Kier alpha value is -1.84. The van der Waals surface area contributed by atoms with Gasteiger partial charge in [0.2, 0.25) is 5.91 Å². The lowest BCUT2D eigenvalue weighted by molar-refractivity contribution is -0.150. The highest BCUT2D eigenvalue weighted by Crippen LogP contribution is 2.29. The number of amides is 1. The number of hydrogen-bond donors (Lipinski definition) is 1. The zero-order valence-corrected chi connectivity index (χ0v) is 11.3. The summed E-state index contributed by atoms with van der Waals surface area (Å²) in [5, 5.41) is 9.17. The predicted molar refractivity (Wildman–Crippen MR) is 71.8 cm³/mol. The molecule has 1 aliphatic heterocycles. The first-order valence-corrected chi connectivity index (χ1v) is 6.54. The van der Waals surface area contributed by atoms with Gasteiger partial charge in [0.1, 0.15) is 6.04 Å². The molecular formula is C15H19NO3. The van der Waals surface area contributed by atoms with E-state index in [2.05, 4.69) is 0 Å². The molecule has 0 saturated carbocycles. The van der Waals surface area contributed by atoms with Crippen LogP contribution in [0.4, 0.5) is 0 Å². The number of hydrogen-bond acceptors (Lipinski definition) is 2. The molecule has 0 aromatic heterocycles. The largest absolute Gasteiger partial charge is 0.480 e. The van der Waals surface area contributed by atoms with E-state index >= 15 is 0 Å². The standard InChI is InChI=1S/C15H19NO3/c1-15(2,11-7-4-3-5-8-11)14(19)16-10-6-9-12(16)13(17)18/h3-5,7-8,12H,6,9-10H2,1-2H3,(H,17,18)/t12-/m1/s1. The van der Waals surface area contributed by atoms with Crippen molar-refractivity contribution in [3.05, 3.63) is 35.9 Å². The topological polar surface area (TPSA) is 57.6 Å². The van der Waals surface area contributed by atoms with E-state index in [0.29, 0.717) is 13.0 Å². The third kappa shape index (κ3) is 2.48. The third-order valence-electron chi connectivity index (χ3n) is 3.83. The third-order valence-corrected chi connectivity index (χ3v) is 3.83. The molecule has 102 valence electrons. The molecule has 1 aliphatic rings. The molecule has 1 amide bonds. The summed E-state index contributed by atoms with van der Waals surface area (Å²) in [4.78, 5) is 25.3. The minimum absolute atomic E-state index is 0.108. The fraction of sp³-hybridized carbons (Fsp3) is 0.467. The van der Waals surface area contributed by atoms with Crippen LogP contribution in [-0.4, -0.2) is 34.5 Å². The van der Waals surface area contributed by atoms with Gasteiger partial charge in [0.05, 0.1) is 5.41 Å². The Morgan fingerprint density at radius 3 is 2.47 bits per heavy atom. The number of carbonyl (C=O) groups is 2. The van der Waals surface area contributed by atoms with Crippen molar-refractivity contribution in [2.45, 2.75) is 38.1 Å². The van der Waals surface area contributed by atoms with Crippen molar-refractivity contribution in [1.82, 2.24) is 4.90 Å². The minimum Gasteiger partial charge on any atom is -0.480 e. The average Bonchev–Trinajstić information content (AvgIpc) is 2.88. The first-order valence-electron chi connectivity index (χ1n) is 6.54. The van der Waals surface area contributed by atoms with E-state index in [1.807, 2.05) is 44.2 Å². The van der Waals surface area contributed by atoms with Crippen LogP contribution in [-0.2, 0) is 15.0 Å². The van der Waals surface area contributed by atoms with Crippen LogP contribution in [0, 0.1) is 0 Å². The molecule has 19 heavy (non-hydrogen) atoms. The van der Waals surface area contributed by atoms with Crippen molar-refractivity contribution < 1.29 is 14.7 Å². The van der Waals surface area contributed by atoms with E-state index in [1.165, 1.54) is 4.90 Å². The fourth-order valence-corrected chi connectivity index (χ4v) is 2.60. The lowest BCUT2D eigenvalue weighted by Crippen LogP contribution is -2.48.